The lowest BCUT2D eigenvalue weighted by atomic mass is 9.90. The highest BCUT2D eigenvalue weighted by Gasteiger charge is 2.31. The predicted molar refractivity (Wildman–Crippen MR) is 156 cm³/mol. The minimum Gasteiger partial charge on any atom is -0.367 e. The topological polar surface area (TPSA) is 113 Å². The predicted octanol–water partition coefficient (Wildman–Crippen LogP) is 5.57. The van der Waals surface area contributed by atoms with Gasteiger partial charge in [-0.15, -0.1) is 12.4 Å². The second-order valence-electron chi connectivity index (χ2n) is 12.0. The van der Waals surface area contributed by atoms with E-state index >= 15 is 0 Å². The van der Waals surface area contributed by atoms with Gasteiger partial charge in [-0.2, -0.15) is 8.42 Å². The van der Waals surface area contributed by atoms with E-state index in [2.05, 4.69) is 53.0 Å². The van der Waals surface area contributed by atoms with Crippen molar-refractivity contribution < 1.29 is 13.2 Å². The van der Waals surface area contributed by atoms with Crippen LogP contribution in [0.2, 0.25) is 5.15 Å². The van der Waals surface area contributed by atoms with Crippen molar-refractivity contribution in [3.63, 3.8) is 0 Å². The molecule has 3 rings (SSSR count). The van der Waals surface area contributed by atoms with Gasteiger partial charge in [-0.25, -0.2) is 14.7 Å². The molecule has 1 amide bonds. The van der Waals surface area contributed by atoms with E-state index in [0.717, 1.165) is 25.8 Å². The molecule has 2 aromatic heterocycles. The van der Waals surface area contributed by atoms with Crippen LogP contribution in [0.25, 0.3) is 0 Å². The highest BCUT2D eigenvalue weighted by atomic mass is 35.5. The number of nitrogens with zero attached hydrogens (tertiary/aromatic N) is 2. The Morgan fingerprint density at radius 1 is 1.18 bits per heavy atom. The number of hydrogen-bond donors (Lipinski definition) is 3. The van der Waals surface area contributed by atoms with Crippen molar-refractivity contribution in [3.8, 4) is 0 Å². The van der Waals surface area contributed by atoms with Gasteiger partial charge in [0.1, 0.15) is 11.0 Å². The monoisotopic (exact) mass is 585 g/mol. The van der Waals surface area contributed by atoms with Gasteiger partial charge in [0.2, 0.25) is 0 Å². The summed E-state index contributed by atoms with van der Waals surface area (Å²) in [4.78, 5) is 21.3. The van der Waals surface area contributed by atoms with E-state index in [4.69, 9.17) is 11.6 Å². The number of halogens is 2. The van der Waals surface area contributed by atoms with Gasteiger partial charge in [0, 0.05) is 22.7 Å². The summed E-state index contributed by atoms with van der Waals surface area (Å²) in [5.74, 6) is 0.543. The van der Waals surface area contributed by atoms with E-state index in [1.807, 2.05) is 20.8 Å². The summed E-state index contributed by atoms with van der Waals surface area (Å²) in [6.07, 6.45) is 3.16. The average molecular weight is 587 g/mol. The van der Waals surface area contributed by atoms with E-state index in [9.17, 15) is 13.2 Å². The number of hydrogen-bond acceptors (Lipinski definition) is 7. The molecule has 0 aliphatic carbocycles. The lowest BCUT2D eigenvalue weighted by Crippen LogP contribution is -2.32. The Kier molecular flexibility index (Phi) is 10.6. The van der Waals surface area contributed by atoms with Crippen LogP contribution in [0.1, 0.15) is 83.8 Å². The molecule has 1 unspecified atom stereocenters. The molecule has 1 fully saturated rings. The molecule has 212 valence electrons. The van der Waals surface area contributed by atoms with Gasteiger partial charge in [0.15, 0.2) is 5.03 Å². The molecule has 2 atom stereocenters. The first kappa shape index (κ1) is 32.3. The Morgan fingerprint density at radius 3 is 2.42 bits per heavy atom. The molecule has 0 spiro atoms. The van der Waals surface area contributed by atoms with Crippen LogP contribution in [0, 0.1) is 11.8 Å². The first-order valence-electron chi connectivity index (χ1n) is 12.8. The van der Waals surface area contributed by atoms with Gasteiger partial charge in [-0.3, -0.25) is 4.79 Å². The quantitative estimate of drug-likeness (QED) is 0.329. The van der Waals surface area contributed by atoms with Crippen molar-refractivity contribution in [1.82, 2.24) is 20.0 Å². The molecule has 0 bridgehead atoms. The molecule has 0 radical (unpaired) electrons. The van der Waals surface area contributed by atoms with Gasteiger partial charge in [0.05, 0.1) is 5.56 Å². The number of anilines is 1. The number of carbonyl (C=O) groups is 1. The Morgan fingerprint density at radius 2 is 1.87 bits per heavy atom. The number of amides is 1. The van der Waals surface area contributed by atoms with E-state index < -0.39 is 15.9 Å². The van der Waals surface area contributed by atoms with Crippen molar-refractivity contribution in [1.29, 1.82) is 0 Å². The molecule has 3 heterocycles. The van der Waals surface area contributed by atoms with Crippen molar-refractivity contribution in [3.05, 3.63) is 46.7 Å². The van der Waals surface area contributed by atoms with Crippen LogP contribution < -0.4 is 15.4 Å². The van der Waals surface area contributed by atoms with E-state index in [1.54, 1.807) is 18.2 Å². The third-order valence-corrected chi connectivity index (χ3v) is 8.30. The second kappa shape index (κ2) is 12.5. The minimum atomic E-state index is -4.23. The summed E-state index contributed by atoms with van der Waals surface area (Å²) in [5, 5.41) is 6.68. The van der Waals surface area contributed by atoms with E-state index in [0.29, 0.717) is 23.3 Å². The molecule has 0 aromatic carbocycles. The Balaban J connectivity index is 0.00000507. The molecule has 1 aliphatic heterocycles. The number of nitrogens with one attached hydrogen (secondary N) is 3. The zero-order valence-corrected chi connectivity index (χ0v) is 25.6. The second-order valence-corrected chi connectivity index (χ2v) is 14.0. The fraction of sp³-hybridized carbons (Fsp3) is 0.593. The molecule has 8 nitrogen and oxygen atoms in total. The average Bonchev–Trinajstić information content (AvgIpc) is 3.14. The molecular formula is C27H41Cl2N5O3S. The molecule has 3 N–H and O–H groups in total. The van der Waals surface area contributed by atoms with Crippen LogP contribution in [0.4, 0.5) is 5.82 Å². The van der Waals surface area contributed by atoms with Crippen LogP contribution in [0.3, 0.4) is 0 Å². The van der Waals surface area contributed by atoms with Crippen molar-refractivity contribution in [2.75, 3.05) is 11.9 Å². The summed E-state index contributed by atoms with van der Waals surface area (Å²) in [5.41, 5.74) is 0.595. The van der Waals surface area contributed by atoms with Gasteiger partial charge in [-0.1, -0.05) is 52.3 Å². The minimum absolute atomic E-state index is 0. The molecule has 2 aromatic rings. The number of aromatic nitrogens is 2. The van der Waals surface area contributed by atoms with Gasteiger partial charge >= 0.3 is 0 Å². The first-order valence-corrected chi connectivity index (χ1v) is 14.7. The number of pyridine rings is 2. The highest BCUT2D eigenvalue weighted by Crippen LogP contribution is 2.29. The largest absolute Gasteiger partial charge is 0.367 e. The fourth-order valence-electron chi connectivity index (χ4n) is 4.56. The van der Waals surface area contributed by atoms with Crippen LogP contribution in [0.15, 0.2) is 35.4 Å². The van der Waals surface area contributed by atoms with Crippen molar-refractivity contribution in [2.45, 2.75) is 89.8 Å². The van der Waals surface area contributed by atoms with Crippen LogP contribution in [0.5, 0.6) is 0 Å². The Hall–Kier alpha value is -1.94. The van der Waals surface area contributed by atoms with E-state index in [1.165, 1.54) is 12.1 Å². The third kappa shape index (κ3) is 8.53. The lowest BCUT2D eigenvalue weighted by Gasteiger charge is -2.25. The standard InChI is InChI=1S/C27H40ClN5O3S.ClH/c1-17(2)20(13-11-18-15-27(6,7)29-16-18)30-22-9-8-10-23(32-22)37(35,36)33-25(34)19-12-14-21(26(3,4)5)31-24(19)28;/h8-10,12,14,17-18,20,29H,11,13,15-16H2,1-7H3,(H,30,32)(H,33,34);1H/t18-,20?;/m0./s1. The summed E-state index contributed by atoms with van der Waals surface area (Å²) in [6.45, 7) is 15.7. The lowest BCUT2D eigenvalue weighted by molar-refractivity contribution is 0.0981. The van der Waals surface area contributed by atoms with Crippen LogP contribution >= 0.6 is 24.0 Å². The third-order valence-electron chi connectivity index (χ3n) is 6.78. The number of rotatable bonds is 9. The maximum atomic E-state index is 13.0. The van der Waals surface area contributed by atoms with Crippen molar-refractivity contribution in [2.24, 2.45) is 11.8 Å². The molecule has 0 saturated carbocycles. The summed E-state index contributed by atoms with van der Waals surface area (Å²) in [6, 6.07) is 8.00. The van der Waals surface area contributed by atoms with E-state index in [-0.39, 0.29) is 45.1 Å². The smallest absolute Gasteiger partial charge is 0.281 e. The molecule has 1 aliphatic rings. The number of sulfonamides is 1. The van der Waals surface area contributed by atoms with Gasteiger partial charge in [0.25, 0.3) is 15.9 Å². The Bertz CT molecular complexity index is 1230. The molecule has 11 heteroatoms. The molecule has 1 saturated heterocycles. The summed E-state index contributed by atoms with van der Waals surface area (Å²) < 4.78 is 28.1. The van der Waals surface area contributed by atoms with Gasteiger partial charge in [-0.05, 0) is 75.8 Å². The summed E-state index contributed by atoms with van der Waals surface area (Å²) >= 11 is 6.21. The maximum absolute atomic E-state index is 13.0. The maximum Gasteiger partial charge on any atom is 0.281 e. The zero-order chi connectivity index (χ0) is 27.6. The van der Waals surface area contributed by atoms with Crippen LogP contribution in [-0.4, -0.2) is 42.4 Å². The normalized spacial score (nSPS) is 18.1. The molecule has 38 heavy (non-hydrogen) atoms. The van der Waals surface area contributed by atoms with Crippen LogP contribution in [-0.2, 0) is 15.4 Å². The SMILES string of the molecule is CC(C)C(CC[C@@H]1CNC(C)(C)C1)Nc1cccc(S(=O)(=O)NC(=O)c2ccc(C(C)(C)C)nc2Cl)n1.Cl. The zero-order valence-electron chi connectivity index (χ0n) is 23.3. The Labute approximate surface area is 238 Å². The molecular weight excluding hydrogens is 545 g/mol. The highest BCUT2D eigenvalue weighted by molar-refractivity contribution is 7.90. The number of carbonyl (C=O) groups excluding carboxylic acids is 1. The van der Waals surface area contributed by atoms with Gasteiger partial charge < -0.3 is 10.6 Å². The summed E-state index contributed by atoms with van der Waals surface area (Å²) in [7, 11) is -4.23. The first-order chi connectivity index (χ1) is 17.1. The fourth-order valence-corrected chi connectivity index (χ4v) is 5.74. The van der Waals surface area contributed by atoms with Crippen molar-refractivity contribution >= 4 is 45.8 Å².